The Bertz CT molecular complexity index is 928. The van der Waals surface area contributed by atoms with Crippen LogP contribution in [0.15, 0.2) is 41.6 Å². The molecule has 33 heavy (non-hydrogen) atoms. The average Bonchev–Trinajstić information content (AvgIpc) is 2.83. The van der Waals surface area contributed by atoms with Crippen LogP contribution < -0.4 is 14.9 Å². The molecule has 0 saturated carbocycles. The number of carboxylic acids is 1. The van der Waals surface area contributed by atoms with Crippen molar-refractivity contribution in [2.45, 2.75) is 32.5 Å². The Morgan fingerprint density at radius 2 is 2.00 bits per heavy atom. The number of carboxylic acid groups (broad SMARTS) is 1. The van der Waals surface area contributed by atoms with Gasteiger partial charge in [0, 0.05) is 26.0 Å². The van der Waals surface area contributed by atoms with Crippen LogP contribution >= 0.6 is 0 Å². The van der Waals surface area contributed by atoms with E-state index in [9.17, 15) is 4.79 Å². The number of rotatable bonds is 12. The van der Waals surface area contributed by atoms with E-state index < -0.39 is 5.97 Å². The molecule has 10 heteroatoms. The summed E-state index contributed by atoms with van der Waals surface area (Å²) in [5, 5.41) is 12.9. The minimum absolute atomic E-state index is 0.0156. The number of hydrazone groups is 1. The first-order chi connectivity index (χ1) is 16.0. The highest BCUT2D eigenvalue weighted by Crippen LogP contribution is 2.33. The average molecular weight is 459 g/mol. The number of hydrogen-bond donors (Lipinski definition) is 2. The maximum atomic E-state index is 11.0. The van der Waals surface area contributed by atoms with E-state index in [0.717, 1.165) is 18.5 Å². The smallest absolute Gasteiger partial charge is 0.351 e. The topological polar surface area (TPSA) is 121 Å². The summed E-state index contributed by atoms with van der Waals surface area (Å²) in [6, 6.07) is 8.86. The highest BCUT2D eigenvalue weighted by molar-refractivity contribution is 6.34. The molecule has 0 aliphatic carbocycles. The van der Waals surface area contributed by atoms with Gasteiger partial charge in [0.1, 0.15) is 29.1 Å². The first-order valence-corrected chi connectivity index (χ1v) is 10.7. The molecule has 0 amide bonds. The van der Waals surface area contributed by atoms with Crippen molar-refractivity contribution in [1.82, 2.24) is 4.98 Å². The van der Waals surface area contributed by atoms with Gasteiger partial charge in [-0.15, -0.1) is 0 Å². The lowest BCUT2D eigenvalue weighted by atomic mass is 10.1. The van der Waals surface area contributed by atoms with Crippen molar-refractivity contribution >= 4 is 17.4 Å². The van der Waals surface area contributed by atoms with Crippen molar-refractivity contribution in [3.63, 3.8) is 0 Å². The second kappa shape index (κ2) is 12.7. The minimum Gasteiger partial charge on any atom is -0.488 e. The molecule has 2 N–H and O–H groups in total. The Hall–Kier alpha value is -3.21. The molecule has 3 rings (SSSR count). The maximum absolute atomic E-state index is 11.0. The van der Waals surface area contributed by atoms with Crippen molar-refractivity contribution < 1.29 is 33.6 Å². The molecule has 1 aromatic carbocycles. The van der Waals surface area contributed by atoms with E-state index in [1.807, 2.05) is 12.1 Å². The lowest BCUT2D eigenvalue weighted by molar-refractivity contribution is -0.129. The third-order valence-corrected chi connectivity index (χ3v) is 4.78. The summed E-state index contributed by atoms with van der Waals surface area (Å²) in [5.74, 6) is 0.521. The Labute approximate surface area is 192 Å². The van der Waals surface area contributed by atoms with Gasteiger partial charge in [-0.3, -0.25) is 10.4 Å². The third-order valence-electron chi connectivity index (χ3n) is 4.78. The van der Waals surface area contributed by atoms with Crippen LogP contribution in [0.4, 0.5) is 5.69 Å². The molecular formula is C23H29N3O7. The molecular weight excluding hydrogens is 430 g/mol. The molecule has 178 valence electrons. The van der Waals surface area contributed by atoms with Gasteiger partial charge in [0.2, 0.25) is 0 Å². The van der Waals surface area contributed by atoms with Gasteiger partial charge < -0.3 is 28.8 Å². The van der Waals surface area contributed by atoms with E-state index in [1.165, 1.54) is 6.92 Å². The summed E-state index contributed by atoms with van der Waals surface area (Å²) in [6.45, 7) is 4.10. The summed E-state index contributed by atoms with van der Waals surface area (Å²) in [6.07, 6.45) is 3.14. The molecule has 0 atom stereocenters. The maximum Gasteiger partial charge on any atom is 0.351 e. The summed E-state index contributed by atoms with van der Waals surface area (Å²) in [7, 11) is 1.63. The molecule has 1 aliphatic heterocycles. The normalized spacial score (nSPS) is 14.7. The van der Waals surface area contributed by atoms with E-state index in [2.05, 4.69) is 15.5 Å². The number of pyridine rings is 1. The van der Waals surface area contributed by atoms with Crippen LogP contribution in [0.3, 0.4) is 0 Å². The quantitative estimate of drug-likeness (QED) is 0.279. The number of aliphatic carboxylic acids is 1. The fourth-order valence-electron chi connectivity index (χ4n) is 2.93. The second-order valence-electron chi connectivity index (χ2n) is 7.33. The van der Waals surface area contributed by atoms with Crippen LogP contribution in [0, 0.1) is 0 Å². The van der Waals surface area contributed by atoms with Gasteiger partial charge in [-0.05, 0) is 31.2 Å². The van der Waals surface area contributed by atoms with E-state index in [4.69, 9.17) is 28.8 Å². The molecule has 0 unspecified atom stereocenters. The van der Waals surface area contributed by atoms with Crippen molar-refractivity contribution in [3.8, 4) is 17.2 Å². The molecule has 1 fully saturated rings. The van der Waals surface area contributed by atoms with Crippen LogP contribution in [0.5, 0.6) is 17.2 Å². The monoisotopic (exact) mass is 459 g/mol. The van der Waals surface area contributed by atoms with E-state index in [-0.39, 0.29) is 11.8 Å². The summed E-state index contributed by atoms with van der Waals surface area (Å²) >= 11 is 0. The highest BCUT2D eigenvalue weighted by Gasteiger charge is 2.18. The Balaban J connectivity index is 1.70. The van der Waals surface area contributed by atoms with Crippen LogP contribution in [0.1, 0.15) is 25.5 Å². The Kier molecular flexibility index (Phi) is 9.43. The van der Waals surface area contributed by atoms with E-state index in [0.29, 0.717) is 56.0 Å². The second-order valence-corrected chi connectivity index (χ2v) is 7.33. The van der Waals surface area contributed by atoms with Gasteiger partial charge in [0.25, 0.3) is 0 Å². The summed E-state index contributed by atoms with van der Waals surface area (Å²) in [5.41, 5.74) is 4.03. The molecule has 1 saturated heterocycles. The molecule has 2 heterocycles. The van der Waals surface area contributed by atoms with Gasteiger partial charge >= 0.3 is 5.97 Å². The predicted molar refractivity (Wildman–Crippen MR) is 121 cm³/mol. The number of ether oxygens (including phenoxy) is 5. The third kappa shape index (κ3) is 8.01. The number of nitrogens with one attached hydrogen (secondary N) is 1. The zero-order valence-electron chi connectivity index (χ0n) is 18.8. The zero-order chi connectivity index (χ0) is 23.5. The molecule has 0 spiro atoms. The zero-order valence-corrected chi connectivity index (χ0v) is 18.8. The highest BCUT2D eigenvalue weighted by atomic mass is 16.5. The van der Waals surface area contributed by atoms with Gasteiger partial charge in [-0.1, -0.05) is 0 Å². The molecule has 2 aromatic rings. The number of methoxy groups -OCH3 is 1. The van der Waals surface area contributed by atoms with Crippen LogP contribution in [0.2, 0.25) is 0 Å². The number of hydrogen-bond acceptors (Lipinski definition) is 9. The van der Waals surface area contributed by atoms with E-state index in [1.54, 1.807) is 31.5 Å². The van der Waals surface area contributed by atoms with Crippen LogP contribution in [0.25, 0.3) is 0 Å². The largest absolute Gasteiger partial charge is 0.488 e. The number of benzene rings is 1. The molecule has 1 aliphatic rings. The summed E-state index contributed by atoms with van der Waals surface area (Å²) in [4.78, 5) is 15.4. The standard InChI is InChI=1S/C23H29N3O7/c1-16(23(27)28)25-26-21-6-5-19(13-22(21)33-18-7-9-30-10-8-18)32-20-4-3-17(24-14-20)15-31-12-11-29-2/h3-6,13-14,18,26H,7-12,15H2,1-2H3,(H,27,28). The number of anilines is 1. The number of aromatic nitrogens is 1. The van der Waals surface area contributed by atoms with Crippen molar-refractivity contribution in [3.05, 3.63) is 42.2 Å². The molecule has 1 aromatic heterocycles. The van der Waals surface area contributed by atoms with Crippen LogP contribution in [-0.4, -0.2) is 61.4 Å². The lowest BCUT2D eigenvalue weighted by Gasteiger charge is -2.24. The Morgan fingerprint density at radius 3 is 2.70 bits per heavy atom. The first-order valence-electron chi connectivity index (χ1n) is 10.7. The van der Waals surface area contributed by atoms with Crippen molar-refractivity contribution in [2.24, 2.45) is 5.10 Å². The van der Waals surface area contributed by atoms with Crippen molar-refractivity contribution in [1.29, 1.82) is 0 Å². The van der Waals surface area contributed by atoms with Crippen LogP contribution in [-0.2, 0) is 25.6 Å². The fourth-order valence-corrected chi connectivity index (χ4v) is 2.93. The number of carbonyl (C=O) groups is 1. The van der Waals surface area contributed by atoms with E-state index >= 15 is 0 Å². The number of nitrogens with zero attached hydrogens (tertiary/aromatic N) is 2. The minimum atomic E-state index is -1.10. The van der Waals surface area contributed by atoms with Gasteiger partial charge in [-0.2, -0.15) is 5.10 Å². The van der Waals surface area contributed by atoms with Crippen molar-refractivity contribution in [2.75, 3.05) is 39.0 Å². The Morgan fingerprint density at radius 1 is 1.21 bits per heavy atom. The van der Waals surface area contributed by atoms with Gasteiger partial charge in [-0.25, -0.2) is 4.79 Å². The SMILES string of the molecule is COCCOCc1ccc(Oc2ccc(NN=C(C)C(=O)O)c(OC3CCOCC3)c2)cn1. The van der Waals surface area contributed by atoms with Gasteiger partial charge in [0.05, 0.1) is 50.6 Å². The van der Waals surface area contributed by atoms with Gasteiger partial charge in [0.15, 0.2) is 0 Å². The molecule has 10 nitrogen and oxygen atoms in total. The molecule has 0 bridgehead atoms. The molecule has 0 radical (unpaired) electrons. The lowest BCUT2D eigenvalue weighted by Crippen LogP contribution is -2.26. The predicted octanol–water partition coefficient (Wildman–Crippen LogP) is 3.47. The summed E-state index contributed by atoms with van der Waals surface area (Å²) < 4.78 is 27.9. The fraction of sp³-hybridized carbons (Fsp3) is 0.435. The first kappa shape index (κ1) is 24.4.